The van der Waals surface area contributed by atoms with Gasteiger partial charge in [0, 0.05) is 4.90 Å². The van der Waals surface area contributed by atoms with Crippen molar-refractivity contribution in [2.24, 2.45) is 0 Å². The summed E-state index contributed by atoms with van der Waals surface area (Å²) >= 11 is 1.40. The Morgan fingerprint density at radius 1 is 1.47 bits per heavy atom. The number of hydrogen-bond acceptors (Lipinski definition) is 3. The van der Waals surface area contributed by atoms with Gasteiger partial charge in [-0.15, -0.1) is 18.2 Å². The van der Waals surface area contributed by atoms with Crippen LogP contribution in [-0.2, 0) is 4.79 Å². The molecule has 0 saturated carbocycles. The molecule has 0 heterocycles. The van der Waals surface area contributed by atoms with Gasteiger partial charge in [0.15, 0.2) is 0 Å². The molecule has 1 rings (SSSR count). The molecule has 0 radical (unpaired) electrons. The second-order valence-corrected chi connectivity index (χ2v) is 3.81. The van der Waals surface area contributed by atoms with Crippen molar-refractivity contribution in [3.05, 3.63) is 24.3 Å². The van der Waals surface area contributed by atoms with Crippen LogP contribution in [-0.4, -0.2) is 23.3 Å². The number of phenols is 1. The maximum atomic E-state index is 11.2. The minimum absolute atomic E-state index is 0.0916. The van der Waals surface area contributed by atoms with Gasteiger partial charge in [-0.05, 0) is 24.3 Å². The van der Waals surface area contributed by atoms with Crippen LogP contribution in [0.15, 0.2) is 29.2 Å². The first-order valence-electron chi connectivity index (χ1n) is 4.34. The van der Waals surface area contributed by atoms with E-state index in [2.05, 4.69) is 11.2 Å². The highest BCUT2D eigenvalue weighted by Crippen LogP contribution is 2.20. The van der Waals surface area contributed by atoms with E-state index < -0.39 is 0 Å². The van der Waals surface area contributed by atoms with Crippen molar-refractivity contribution in [1.29, 1.82) is 0 Å². The first-order chi connectivity index (χ1) is 7.22. The number of benzene rings is 1. The summed E-state index contributed by atoms with van der Waals surface area (Å²) in [6.07, 6.45) is 5.00. The van der Waals surface area contributed by atoms with Gasteiger partial charge in [-0.1, -0.05) is 5.92 Å². The molecule has 0 fully saturated rings. The third kappa shape index (κ3) is 4.43. The molecule has 1 amide bonds. The van der Waals surface area contributed by atoms with Crippen LogP contribution in [0.5, 0.6) is 5.75 Å². The van der Waals surface area contributed by atoms with Gasteiger partial charge in [-0.25, -0.2) is 0 Å². The Bertz CT molecular complexity index is 367. The van der Waals surface area contributed by atoms with Gasteiger partial charge < -0.3 is 10.4 Å². The summed E-state index contributed by atoms with van der Waals surface area (Å²) in [6.45, 7) is 0.259. The monoisotopic (exact) mass is 221 g/mol. The highest BCUT2D eigenvalue weighted by Gasteiger charge is 2.01. The second kappa shape index (κ2) is 5.99. The van der Waals surface area contributed by atoms with Gasteiger partial charge in [0.05, 0.1) is 12.3 Å². The zero-order valence-electron chi connectivity index (χ0n) is 8.06. The summed E-state index contributed by atoms with van der Waals surface area (Å²) in [4.78, 5) is 12.1. The lowest BCUT2D eigenvalue weighted by molar-refractivity contribution is -0.118. The van der Waals surface area contributed by atoms with E-state index in [-0.39, 0.29) is 18.2 Å². The summed E-state index contributed by atoms with van der Waals surface area (Å²) in [5, 5.41) is 11.6. The number of thioether (sulfide) groups is 1. The summed E-state index contributed by atoms with van der Waals surface area (Å²) in [6, 6.07) is 6.69. The van der Waals surface area contributed by atoms with Crippen LogP contribution in [0, 0.1) is 12.3 Å². The second-order valence-electron chi connectivity index (χ2n) is 2.76. The summed E-state index contributed by atoms with van der Waals surface area (Å²) in [5.41, 5.74) is 0. The number of carbonyl (C=O) groups excluding carboxylic acids is 1. The largest absolute Gasteiger partial charge is 0.508 e. The normalized spacial score (nSPS) is 9.27. The number of phenolic OH excluding ortho intramolecular Hbond substituents is 1. The van der Waals surface area contributed by atoms with Crippen LogP contribution in [0.3, 0.4) is 0 Å². The fourth-order valence-electron chi connectivity index (χ4n) is 0.892. The maximum Gasteiger partial charge on any atom is 0.231 e. The van der Waals surface area contributed by atoms with E-state index >= 15 is 0 Å². The molecule has 0 aliphatic carbocycles. The van der Waals surface area contributed by atoms with Crippen molar-refractivity contribution in [2.75, 3.05) is 12.3 Å². The predicted octanol–water partition coefficient (Wildman–Crippen LogP) is 1.23. The fraction of sp³-hybridized carbons (Fsp3) is 0.182. The third-order valence-electron chi connectivity index (χ3n) is 1.59. The molecule has 15 heavy (non-hydrogen) atoms. The number of terminal acetylenes is 1. The van der Waals surface area contributed by atoms with Crippen molar-refractivity contribution in [1.82, 2.24) is 5.32 Å². The minimum atomic E-state index is -0.0916. The Hall–Kier alpha value is -1.60. The molecule has 2 N–H and O–H groups in total. The molecule has 0 saturated heterocycles. The molecule has 0 aliphatic heterocycles. The molecule has 3 nitrogen and oxygen atoms in total. The number of rotatable bonds is 4. The Morgan fingerprint density at radius 2 is 2.13 bits per heavy atom. The van der Waals surface area contributed by atoms with Crippen LogP contribution in [0.1, 0.15) is 0 Å². The standard InChI is InChI=1S/C11H11NO2S/c1-2-7-12-11(14)8-15-10-5-3-9(13)4-6-10/h1,3-6,13H,7-8H2,(H,12,14). The maximum absolute atomic E-state index is 11.2. The highest BCUT2D eigenvalue weighted by molar-refractivity contribution is 8.00. The van der Waals surface area contributed by atoms with Crippen LogP contribution in [0.25, 0.3) is 0 Å². The summed E-state index contributed by atoms with van der Waals surface area (Å²) in [5.74, 6) is 2.78. The number of carbonyl (C=O) groups is 1. The van der Waals surface area contributed by atoms with E-state index in [0.717, 1.165) is 4.90 Å². The van der Waals surface area contributed by atoms with E-state index in [1.165, 1.54) is 11.8 Å². The predicted molar refractivity (Wildman–Crippen MR) is 60.7 cm³/mol. The van der Waals surface area contributed by atoms with Crippen molar-refractivity contribution < 1.29 is 9.90 Å². The molecular formula is C11H11NO2S. The van der Waals surface area contributed by atoms with Gasteiger partial charge in [0.2, 0.25) is 5.91 Å². The van der Waals surface area contributed by atoms with Crippen molar-refractivity contribution >= 4 is 17.7 Å². The average Bonchev–Trinajstić information content (AvgIpc) is 2.25. The molecule has 78 valence electrons. The van der Waals surface area contributed by atoms with Crippen molar-refractivity contribution in [3.63, 3.8) is 0 Å². The molecule has 0 aliphatic rings. The lowest BCUT2D eigenvalue weighted by Crippen LogP contribution is -2.25. The zero-order chi connectivity index (χ0) is 11.1. The van der Waals surface area contributed by atoms with Crippen molar-refractivity contribution in [3.8, 4) is 18.1 Å². The molecule has 1 aromatic rings. The van der Waals surface area contributed by atoms with E-state index in [4.69, 9.17) is 11.5 Å². The Balaban J connectivity index is 2.34. The third-order valence-corrected chi connectivity index (χ3v) is 2.61. The van der Waals surface area contributed by atoms with Gasteiger partial charge in [0.1, 0.15) is 5.75 Å². The molecule has 0 bridgehead atoms. The number of aromatic hydroxyl groups is 1. The molecule has 1 aromatic carbocycles. The average molecular weight is 221 g/mol. The Kier molecular flexibility index (Phi) is 4.58. The van der Waals surface area contributed by atoms with Crippen LogP contribution in [0.4, 0.5) is 0 Å². The van der Waals surface area contributed by atoms with E-state index in [1.807, 2.05) is 0 Å². The highest BCUT2D eigenvalue weighted by atomic mass is 32.2. The number of hydrogen-bond donors (Lipinski definition) is 2. The van der Waals surface area contributed by atoms with Crippen molar-refractivity contribution in [2.45, 2.75) is 4.90 Å². The van der Waals surface area contributed by atoms with Crippen LogP contribution >= 0.6 is 11.8 Å². The zero-order valence-corrected chi connectivity index (χ0v) is 8.88. The van der Waals surface area contributed by atoms with Gasteiger partial charge in [-0.3, -0.25) is 4.79 Å². The first kappa shape index (κ1) is 11.5. The fourth-order valence-corrected chi connectivity index (χ4v) is 1.62. The molecule has 0 atom stereocenters. The van der Waals surface area contributed by atoms with E-state index in [0.29, 0.717) is 5.75 Å². The minimum Gasteiger partial charge on any atom is -0.508 e. The lowest BCUT2D eigenvalue weighted by Gasteiger charge is -2.01. The number of nitrogens with one attached hydrogen (secondary N) is 1. The van der Waals surface area contributed by atoms with Gasteiger partial charge >= 0.3 is 0 Å². The van der Waals surface area contributed by atoms with Crippen LogP contribution < -0.4 is 5.32 Å². The molecular weight excluding hydrogens is 210 g/mol. The number of amides is 1. The van der Waals surface area contributed by atoms with E-state index in [9.17, 15) is 4.79 Å². The SMILES string of the molecule is C#CCNC(=O)CSc1ccc(O)cc1. The molecule has 0 spiro atoms. The molecule has 4 heteroatoms. The lowest BCUT2D eigenvalue weighted by atomic mass is 10.3. The Labute approximate surface area is 92.9 Å². The van der Waals surface area contributed by atoms with Gasteiger partial charge in [-0.2, -0.15) is 0 Å². The quantitative estimate of drug-likeness (QED) is 0.594. The molecule has 0 aromatic heterocycles. The first-order valence-corrected chi connectivity index (χ1v) is 5.33. The van der Waals surface area contributed by atoms with Crippen LogP contribution in [0.2, 0.25) is 0 Å². The van der Waals surface area contributed by atoms with Gasteiger partial charge in [0.25, 0.3) is 0 Å². The van der Waals surface area contributed by atoms with E-state index in [1.54, 1.807) is 24.3 Å². The summed E-state index contributed by atoms with van der Waals surface area (Å²) in [7, 11) is 0. The Morgan fingerprint density at radius 3 is 2.73 bits per heavy atom. The smallest absolute Gasteiger partial charge is 0.231 e. The molecule has 0 unspecified atom stereocenters. The topological polar surface area (TPSA) is 49.3 Å². The summed E-state index contributed by atoms with van der Waals surface area (Å²) < 4.78 is 0.